The van der Waals surface area contributed by atoms with Crippen LogP contribution in [0.5, 0.6) is 0 Å². The summed E-state index contributed by atoms with van der Waals surface area (Å²) in [6.45, 7) is 2.29. The fraction of sp³-hybridized carbons (Fsp3) is 0.893. The van der Waals surface area contributed by atoms with Crippen molar-refractivity contribution in [2.45, 2.75) is 161 Å². The Labute approximate surface area is 189 Å². The monoisotopic (exact) mass is 422 g/mol. The normalized spacial score (nSPS) is 11.5. The highest BCUT2D eigenvalue weighted by Crippen LogP contribution is 2.14. The Hall–Kier alpha value is -0.790. The van der Waals surface area contributed by atoms with E-state index in [-0.39, 0.29) is 0 Å². The third-order valence-corrected chi connectivity index (χ3v) is 6.15. The second kappa shape index (κ2) is 26.2. The van der Waals surface area contributed by atoms with Crippen molar-refractivity contribution in [1.82, 2.24) is 0 Å². The van der Waals surface area contributed by atoms with Crippen LogP contribution in [0.1, 0.15) is 161 Å². The minimum atomic E-state index is -0.652. The molecule has 0 saturated carbocycles. The molecule has 0 aliphatic rings. The van der Waals surface area contributed by atoms with E-state index >= 15 is 0 Å². The first kappa shape index (κ1) is 29.2. The van der Waals surface area contributed by atoms with Crippen LogP contribution in [0.2, 0.25) is 0 Å². The van der Waals surface area contributed by atoms with Gasteiger partial charge in [-0.1, -0.05) is 135 Å². The van der Waals surface area contributed by atoms with E-state index in [0.717, 1.165) is 12.8 Å². The first-order chi connectivity index (χ1) is 14.8. The highest BCUT2D eigenvalue weighted by atomic mass is 16.4. The number of allylic oxidation sites excluding steroid dienone is 2. The largest absolute Gasteiger partial charge is 0.481 e. The van der Waals surface area contributed by atoms with Crippen molar-refractivity contribution in [3.05, 3.63) is 12.2 Å². The van der Waals surface area contributed by atoms with Gasteiger partial charge in [0.05, 0.1) is 0 Å². The number of hydrogen-bond donors (Lipinski definition) is 1. The van der Waals surface area contributed by atoms with Crippen molar-refractivity contribution in [1.29, 1.82) is 0 Å². The lowest BCUT2D eigenvalue weighted by molar-refractivity contribution is -0.137. The van der Waals surface area contributed by atoms with Crippen molar-refractivity contribution in [3.63, 3.8) is 0 Å². The first-order valence-corrected chi connectivity index (χ1v) is 13.6. The van der Waals surface area contributed by atoms with Crippen LogP contribution < -0.4 is 0 Å². The molecule has 0 aromatic rings. The smallest absolute Gasteiger partial charge is 0.303 e. The predicted molar refractivity (Wildman–Crippen MR) is 133 cm³/mol. The summed E-state index contributed by atoms with van der Waals surface area (Å²) in [6, 6.07) is 0. The summed E-state index contributed by atoms with van der Waals surface area (Å²) < 4.78 is 0. The zero-order valence-electron chi connectivity index (χ0n) is 20.5. The lowest BCUT2D eigenvalue weighted by Gasteiger charge is -2.03. The standard InChI is InChI=1S/C28H54O2/c1-2-3-4-5-6-7-8-9-10-11-12-13-14-15-16-17-18-19-20-21-22-23-24-25-26-27-28(29)30/h11-12H,2-10,13-27H2,1H3,(H,29,30). The molecule has 0 radical (unpaired) electrons. The molecule has 2 heteroatoms. The molecule has 0 aliphatic carbocycles. The Morgan fingerprint density at radius 3 is 1.13 bits per heavy atom. The summed E-state index contributed by atoms with van der Waals surface area (Å²) in [6.07, 6.45) is 36.0. The van der Waals surface area contributed by atoms with Gasteiger partial charge in [0, 0.05) is 6.42 Å². The lowest BCUT2D eigenvalue weighted by Crippen LogP contribution is -1.93. The minimum absolute atomic E-state index is 0.343. The van der Waals surface area contributed by atoms with E-state index in [2.05, 4.69) is 19.1 Å². The summed E-state index contributed by atoms with van der Waals surface area (Å²) in [5.74, 6) is -0.652. The highest BCUT2D eigenvalue weighted by molar-refractivity contribution is 5.66. The summed E-state index contributed by atoms with van der Waals surface area (Å²) >= 11 is 0. The number of carboxylic acids is 1. The topological polar surface area (TPSA) is 37.3 Å². The third-order valence-electron chi connectivity index (χ3n) is 6.15. The van der Waals surface area contributed by atoms with Crippen LogP contribution in [0.25, 0.3) is 0 Å². The zero-order chi connectivity index (χ0) is 22.0. The summed E-state index contributed by atoms with van der Waals surface area (Å²) in [5, 5.41) is 8.59. The van der Waals surface area contributed by atoms with Crippen molar-refractivity contribution < 1.29 is 9.90 Å². The van der Waals surface area contributed by atoms with Gasteiger partial charge in [0.25, 0.3) is 0 Å². The van der Waals surface area contributed by atoms with E-state index in [0.29, 0.717) is 6.42 Å². The maximum atomic E-state index is 10.4. The van der Waals surface area contributed by atoms with Gasteiger partial charge < -0.3 is 5.11 Å². The molecular formula is C28H54O2. The van der Waals surface area contributed by atoms with Crippen LogP contribution >= 0.6 is 0 Å². The number of carboxylic acid groups (broad SMARTS) is 1. The Balaban J connectivity index is 3.07. The van der Waals surface area contributed by atoms with E-state index < -0.39 is 5.97 Å². The Morgan fingerprint density at radius 2 is 0.800 bits per heavy atom. The van der Waals surface area contributed by atoms with Gasteiger partial charge >= 0.3 is 5.97 Å². The van der Waals surface area contributed by atoms with Gasteiger partial charge in [-0.25, -0.2) is 0 Å². The van der Waals surface area contributed by atoms with Gasteiger partial charge in [-0.05, 0) is 32.1 Å². The molecule has 0 aliphatic heterocycles. The Bertz CT molecular complexity index is 362. The summed E-state index contributed by atoms with van der Waals surface area (Å²) in [5.41, 5.74) is 0. The van der Waals surface area contributed by atoms with E-state index in [9.17, 15) is 4.79 Å². The molecule has 0 rings (SSSR count). The van der Waals surface area contributed by atoms with Gasteiger partial charge in [-0.3, -0.25) is 4.79 Å². The Morgan fingerprint density at radius 1 is 0.500 bits per heavy atom. The molecule has 0 bridgehead atoms. The maximum Gasteiger partial charge on any atom is 0.303 e. The molecule has 0 atom stereocenters. The van der Waals surface area contributed by atoms with Crippen LogP contribution in [0.4, 0.5) is 0 Å². The van der Waals surface area contributed by atoms with E-state index in [4.69, 9.17) is 5.11 Å². The van der Waals surface area contributed by atoms with Gasteiger partial charge in [-0.2, -0.15) is 0 Å². The second-order valence-corrected chi connectivity index (χ2v) is 9.26. The number of aliphatic carboxylic acids is 1. The molecule has 178 valence electrons. The Kier molecular flexibility index (Phi) is 25.6. The molecular weight excluding hydrogens is 368 g/mol. The number of unbranched alkanes of at least 4 members (excludes halogenated alkanes) is 21. The quantitative estimate of drug-likeness (QED) is 0.117. The number of rotatable bonds is 25. The van der Waals surface area contributed by atoms with Crippen molar-refractivity contribution >= 4 is 5.97 Å². The molecule has 30 heavy (non-hydrogen) atoms. The predicted octanol–water partition coefficient (Wildman–Crippen LogP) is 10.0. The summed E-state index contributed by atoms with van der Waals surface area (Å²) in [4.78, 5) is 10.4. The molecule has 0 spiro atoms. The van der Waals surface area contributed by atoms with Crippen LogP contribution in [-0.4, -0.2) is 11.1 Å². The highest BCUT2D eigenvalue weighted by Gasteiger charge is 1.97. The first-order valence-electron chi connectivity index (χ1n) is 13.6. The van der Waals surface area contributed by atoms with Crippen LogP contribution in [-0.2, 0) is 4.79 Å². The second-order valence-electron chi connectivity index (χ2n) is 9.26. The summed E-state index contributed by atoms with van der Waals surface area (Å²) in [7, 11) is 0. The lowest BCUT2D eigenvalue weighted by atomic mass is 10.0. The van der Waals surface area contributed by atoms with Gasteiger partial charge in [0.15, 0.2) is 0 Å². The van der Waals surface area contributed by atoms with Gasteiger partial charge in [0.1, 0.15) is 0 Å². The van der Waals surface area contributed by atoms with Crippen molar-refractivity contribution in [3.8, 4) is 0 Å². The average Bonchev–Trinajstić information content (AvgIpc) is 2.73. The van der Waals surface area contributed by atoms with Crippen molar-refractivity contribution in [2.24, 2.45) is 0 Å². The van der Waals surface area contributed by atoms with Crippen LogP contribution in [0.15, 0.2) is 12.2 Å². The molecule has 0 amide bonds. The molecule has 0 unspecified atom stereocenters. The van der Waals surface area contributed by atoms with Crippen LogP contribution in [0.3, 0.4) is 0 Å². The van der Waals surface area contributed by atoms with Gasteiger partial charge in [-0.15, -0.1) is 0 Å². The number of hydrogen-bond acceptors (Lipinski definition) is 1. The van der Waals surface area contributed by atoms with Crippen LogP contribution in [0, 0.1) is 0 Å². The number of carbonyl (C=O) groups is 1. The fourth-order valence-corrected chi connectivity index (χ4v) is 4.11. The molecule has 0 aromatic heterocycles. The molecule has 0 heterocycles. The van der Waals surface area contributed by atoms with E-state index in [1.165, 1.54) is 135 Å². The minimum Gasteiger partial charge on any atom is -0.481 e. The zero-order valence-corrected chi connectivity index (χ0v) is 20.5. The average molecular weight is 423 g/mol. The van der Waals surface area contributed by atoms with E-state index in [1.54, 1.807) is 0 Å². The van der Waals surface area contributed by atoms with Gasteiger partial charge in [0.2, 0.25) is 0 Å². The fourth-order valence-electron chi connectivity index (χ4n) is 4.11. The van der Waals surface area contributed by atoms with Crippen molar-refractivity contribution in [2.75, 3.05) is 0 Å². The molecule has 0 fully saturated rings. The molecule has 0 saturated heterocycles. The molecule has 1 N–H and O–H groups in total. The molecule has 0 aromatic carbocycles. The SMILES string of the molecule is CCCCCCCCCCC=CCCCCCCCCCCCCCCCC(=O)O. The molecule has 2 nitrogen and oxygen atoms in total. The van der Waals surface area contributed by atoms with E-state index in [1.807, 2.05) is 0 Å². The third kappa shape index (κ3) is 27.2. The maximum absolute atomic E-state index is 10.4.